The average Bonchev–Trinajstić information content (AvgIpc) is 2.97. The summed E-state index contributed by atoms with van der Waals surface area (Å²) < 4.78 is 5.75. The van der Waals surface area contributed by atoms with E-state index in [9.17, 15) is 19.7 Å². The molecule has 144 valence electrons. The minimum Gasteiger partial charge on any atom is -0.451 e. The molecule has 1 aromatic heterocycles. The number of hydrogen-bond donors (Lipinski definition) is 1. The van der Waals surface area contributed by atoms with Crippen molar-refractivity contribution in [2.24, 2.45) is 0 Å². The number of benzene rings is 2. The number of amides is 1. The Balaban J connectivity index is 1.68. The Hall–Kier alpha value is -2.68. The van der Waals surface area contributed by atoms with Crippen molar-refractivity contribution in [2.45, 2.75) is 6.92 Å². The maximum absolute atomic E-state index is 12.3. The zero-order valence-corrected chi connectivity index (χ0v) is 16.7. The first kappa shape index (κ1) is 20.1. The molecule has 10 heteroatoms. The quantitative estimate of drug-likeness (QED) is 0.334. The van der Waals surface area contributed by atoms with E-state index in [4.69, 9.17) is 27.9 Å². The van der Waals surface area contributed by atoms with E-state index >= 15 is 0 Å². The zero-order chi connectivity index (χ0) is 20.4. The van der Waals surface area contributed by atoms with Gasteiger partial charge in [-0.05, 0) is 25.1 Å². The van der Waals surface area contributed by atoms with Crippen LogP contribution in [0, 0.1) is 17.0 Å². The van der Waals surface area contributed by atoms with Gasteiger partial charge in [-0.1, -0.05) is 35.3 Å². The molecule has 0 saturated heterocycles. The number of rotatable bonds is 5. The van der Waals surface area contributed by atoms with E-state index < -0.39 is 23.4 Å². The predicted molar refractivity (Wildman–Crippen MR) is 109 cm³/mol. The maximum Gasteiger partial charge on any atom is 0.350 e. The molecular formula is C18H12Cl2N2O5S. The van der Waals surface area contributed by atoms with Gasteiger partial charge in [0.25, 0.3) is 11.6 Å². The van der Waals surface area contributed by atoms with Crippen LogP contribution in [0.4, 0.5) is 11.4 Å². The first-order valence-electron chi connectivity index (χ1n) is 7.86. The van der Waals surface area contributed by atoms with Crippen LogP contribution >= 0.6 is 34.5 Å². The highest BCUT2D eigenvalue weighted by Gasteiger charge is 2.20. The van der Waals surface area contributed by atoms with Gasteiger partial charge in [0.15, 0.2) is 6.61 Å². The van der Waals surface area contributed by atoms with Crippen molar-refractivity contribution in [1.29, 1.82) is 0 Å². The standard InChI is InChI=1S/C18H12Cl2N2O5S/c1-9-12(3-2-4-13(9)22(25)26)21-15(23)8-27-18(24)17-16(20)11-6-5-10(19)7-14(11)28-17/h2-7H,8H2,1H3,(H,21,23). The Morgan fingerprint density at radius 2 is 2.00 bits per heavy atom. The summed E-state index contributed by atoms with van der Waals surface area (Å²) in [6.07, 6.45) is 0. The molecule has 2 aromatic carbocycles. The third-order valence-corrected chi connectivity index (χ3v) is 5.76. The number of halogens is 2. The molecule has 0 unspecified atom stereocenters. The fourth-order valence-electron chi connectivity index (χ4n) is 2.51. The Kier molecular flexibility index (Phi) is 5.83. The molecule has 1 heterocycles. The van der Waals surface area contributed by atoms with Gasteiger partial charge in [-0.15, -0.1) is 11.3 Å². The average molecular weight is 439 g/mol. The van der Waals surface area contributed by atoms with Crippen molar-refractivity contribution in [2.75, 3.05) is 11.9 Å². The van der Waals surface area contributed by atoms with E-state index in [0.29, 0.717) is 16.0 Å². The second-order valence-corrected chi connectivity index (χ2v) is 7.58. The van der Waals surface area contributed by atoms with E-state index in [0.717, 1.165) is 16.0 Å². The summed E-state index contributed by atoms with van der Waals surface area (Å²) in [5.74, 6) is -1.37. The number of nitro groups is 1. The van der Waals surface area contributed by atoms with E-state index in [-0.39, 0.29) is 21.3 Å². The highest BCUT2D eigenvalue weighted by molar-refractivity contribution is 7.21. The first-order valence-corrected chi connectivity index (χ1v) is 9.43. The lowest BCUT2D eigenvalue weighted by molar-refractivity contribution is -0.385. The number of nitrogens with zero attached hydrogens (tertiary/aromatic N) is 1. The number of anilines is 1. The number of thiophene rings is 1. The van der Waals surface area contributed by atoms with Crippen molar-refractivity contribution in [3.63, 3.8) is 0 Å². The van der Waals surface area contributed by atoms with Crippen LogP contribution in [-0.4, -0.2) is 23.4 Å². The van der Waals surface area contributed by atoms with Crippen LogP contribution in [0.25, 0.3) is 10.1 Å². The highest BCUT2D eigenvalue weighted by atomic mass is 35.5. The summed E-state index contributed by atoms with van der Waals surface area (Å²) in [4.78, 5) is 35.0. The summed E-state index contributed by atoms with van der Waals surface area (Å²) in [6.45, 7) is 0.953. The summed E-state index contributed by atoms with van der Waals surface area (Å²) in [7, 11) is 0. The molecule has 0 aliphatic rings. The van der Waals surface area contributed by atoms with E-state index in [1.165, 1.54) is 25.1 Å². The number of fused-ring (bicyclic) bond motifs is 1. The minimum absolute atomic E-state index is 0.120. The summed E-state index contributed by atoms with van der Waals surface area (Å²) in [5.41, 5.74) is 0.451. The van der Waals surface area contributed by atoms with Crippen LogP contribution in [0.2, 0.25) is 10.0 Å². The molecule has 0 aliphatic carbocycles. The molecule has 3 rings (SSSR count). The SMILES string of the molecule is Cc1c(NC(=O)COC(=O)c2sc3cc(Cl)ccc3c2Cl)cccc1[N+](=O)[O-]. The number of nitro benzene ring substituents is 1. The van der Waals surface area contributed by atoms with Gasteiger partial charge in [-0.2, -0.15) is 0 Å². The smallest absolute Gasteiger partial charge is 0.350 e. The molecule has 0 atom stereocenters. The molecule has 0 spiro atoms. The number of carbonyl (C=O) groups excluding carboxylic acids is 2. The van der Waals surface area contributed by atoms with Gasteiger partial charge >= 0.3 is 5.97 Å². The third-order valence-electron chi connectivity index (χ3n) is 3.89. The Morgan fingerprint density at radius 1 is 1.25 bits per heavy atom. The van der Waals surface area contributed by atoms with Crippen LogP contribution in [-0.2, 0) is 9.53 Å². The van der Waals surface area contributed by atoms with Crippen molar-refractivity contribution in [1.82, 2.24) is 0 Å². The van der Waals surface area contributed by atoms with Crippen molar-refractivity contribution in [3.8, 4) is 0 Å². The first-order chi connectivity index (χ1) is 13.3. The molecule has 7 nitrogen and oxygen atoms in total. The van der Waals surface area contributed by atoms with Gasteiger partial charge in [-0.3, -0.25) is 14.9 Å². The van der Waals surface area contributed by atoms with Crippen LogP contribution in [0.3, 0.4) is 0 Å². The molecule has 1 amide bonds. The Morgan fingerprint density at radius 3 is 2.71 bits per heavy atom. The van der Waals surface area contributed by atoms with Crippen molar-refractivity contribution in [3.05, 3.63) is 67.0 Å². The molecule has 0 bridgehead atoms. The molecule has 0 aliphatic heterocycles. The molecular weight excluding hydrogens is 427 g/mol. The van der Waals surface area contributed by atoms with E-state index in [1.807, 2.05) is 0 Å². The van der Waals surface area contributed by atoms with Gasteiger partial charge in [0.2, 0.25) is 0 Å². The third kappa shape index (κ3) is 4.09. The van der Waals surface area contributed by atoms with Gasteiger partial charge in [0.05, 0.1) is 21.2 Å². The highest BCUT2D eigenvalue weighted by Crippen LogP contribution is 2.37. The molecule has 0 fully saturated rings. The number of esters is 1. The largest absolute Gasteiger partial charge is 0.451 e. The lowest BCUT2D eigenvalue weighted by Crippen LogP contribution is -2.21. The van der Waals surface area contributed by atoms with Crippen molar-refractivity contribution < 1.29 is 19.2 Å². The van der Waals surface area contributed by atoms with Gasteiger partial charge in [0.1, 0.15) is 4.88 Å². The summed E-state index contributed by atoms with van der Waals surface area (Å²) >= 11 is 13.3. The molecule has 0 saturated carbocycles. The van der Waals surface area contributed by atoms with E-state index in [2.05, 4.69) is 5.32 Å². The molecule has 1 N–H and O–H groups in total. The predicted octanol–water partition coefficient (Wildman–Crippen LogP) is 5.22. The Bertz CT molecular complexity index is 1110. The minimum atomic E-state index is -0.742. The molecule has 28 heavy (non-hydrogen) atoms. The second-order valence-electron chi connectivity index (χ2n) is 5.72. The van der Waals surface area contributed by atoms with Gasteiger partial charge in [-0.25, -0.2) is 4.79 Å². The van der Waals surface area contributed by atoms with Gasteiger partial charge < -0.3 is 10.1 Å². The zero-order valence-electron chi connectivity index (χ0n) is 14.3. The van der Waals surface area contributed by atoms with Crippen LogP contribution in [0.15, 0.2) is 36.4 Å². The topological polar surface area (TPSA) is 98.5 Å². The monoisotopic (exact) mass is 438 g/mol. The number of ether oxygens (including phenoxy) is 1. The van der Waals surface area contributed by atoms with E-state index in [1.54, 1.807) is 18.2 Å². The molecule has 0 radical (unpaired) electrons. The molecule has 3 aromatic rings. The second kappa shape index (κ2) is 8.14. The normalized spacial score (nSPS) is 10.7. The number of hydrogen-bond acceptors (Lipinski definition) is 6. The van der Waals surface area contributed by atoms with Crippen LogP contribution in [0.1, 0.15) is 15.2 Å². The van der Waals surface area contributed by atoms with Crippen LogP contribution in [0.5, 0.6) is 0 Å². The fraction of sp³-hybridized carbons (Fsp3) is 0.111. The lowest BCUT2D eigenvalue weighted by Gasteiger charge is -2.09. The summed E-state index contributed by atoms with van der Waals surface area (Å²) in [5, 5.41) is 14.9. The van der Waals surface area contributed by atoms with Crippen LogP contribution < -0.4 is 5.32 Å². The number of carbonyl (C=O) groups is 2. The van der Waals surface area contributed by atoms with Crippen molar-refractivity contribution >= 4 is 67.9 Å². The fourth-order valence-corrected chi connectivity index (χ4v) is 4.19. The Labute approximate surface area is 173 Å². The number of nitrogens with one attached hydrogen (secondary N) is 1. The lowest BCUT2D eigenvalue weighted by atomic mass is 10.1. The summed E-state index contributed by atoms with van der Waals surface area (Å²) in [6, 6.07) is 9.35. The van der Waals surface area contributed by atoms with Gasteiger partial charge in [0, 0.05) is 21.2 Å². The maximum atomic E-state index is 12.3.